The van der Waals surface area contributed by atoms with Crippen LogP contribution in [-0.2, 0) is 14.3 Å². The van der Waals surface area contributed by atoms with E-state index in [2.05, 4.69) is 5.32 Å². The minimum Gasteiger partial charge on any atom is -0.480 e. The van der Waals surface area contributed by atoms with E-state index in [1.807, 2.05) is 52.8 Å². The summed E-state index contributed by atoms with van der Waals surface area (Å²) in [4.78, 5) is 23.8. The fourth-order valence-corrected chi connectivity index (χ4v) is 2.17. The Labute approximate surface area is 149 Å². The third kappa shape index (κ3) is 7.56. The molecule has 2 N–H and O–H groups in total. The summed E-state index contributed by atoms with van der Waals surface area (Å²) in [7, 11) is 0. The quantitative estimate of drug-likeness (QED) is 0.714. The monoisotopic (exact) mass is 351 g/mol. The van der Waals surface area contributed by atoms with E-state index < -0.39 is 24.0 Å². The van der Waals surface area contributed by atoms with Gasteiger partial charge in [0.25, 0.3) is 5.91 Å². The highest BCUT2D eigenvalue weighted by Gasteiger charge is 2.26. The molecule has 1 aromatic rings. The van der Waals surface area contributed by atoms with Crippen molar-refractivity contribution in [1.82, 2.24) is 5.32 Å². The molecule has 1 rings (SSSR count). The predicted octanol–water partition coefficient (Wildman–Crippen LogP) is 2.93. The van der Waals surface area contributed by atoms with E-state index in [0.29, 0.717) is 12.2 Å². The van der Waals surface area contributed by atoms with Gasteiger partial charge in [0.1, 0.15) is 11.8 Å². The standard InChI is InChI=1S/C19H29NO5/c1-6-15(25-16-10-8-7-9-13(16)2)17(21)20-14(18(22)23)11-12-24-19(3,4)5/h7-10,14-15H,6,11-12H2,1-5H3,(H,20,21)(H,22,23). The zero-order chi connectivity index (χ0) is 19.0. The second-order valence-corrected chi connectivity index (χ2v) is 6.93. The van der Waals surface area contributed by atoms with E-state index in [1.165, 1.54) is 0 Å². The molecule has 25 heavy (non-hydrogen) atoms. The van der Waals surface area contributed by atoms with Crippen LogP contribution in [0.2, 0.25) is 0 Å². The van der Waals surface area contributed by atoms with Crippen LogP contribution in [0.1, 0.15) is 46.1 Å². The number of ether oxygens (including phenoxy) is 2. The van der Waals surface area contributed by atoms with Crippen molar-refractivity contribution in [3.05, 3.63) is 29.8 Å². The Hall–Kier alpha value is -2.08. The molecule has 0 saturated carbocycles. The molecule has 6 heteroatoms. The second-order valence-electron chi connectivity index (χ2n) is 6.93. The maximum absolute atomic E-state index is 12.4. The molecule has 0 bridgehead atoms. The van der Waals surface area contributed by atoms with E-state index in [1.54, 1.807) is 6.07 Å². The van der Waals surface area contributed by atoms with Crippen LogP contribution in [0.3, 0.4) is 0 Å². The van der Waals surface area contributed by atoms with Crippen LogP contribution in [0.5, 0.6) is 5.75 Å². The van der Waals surface area contributed by atoms with Crippen LogP contribution in [0, 0.1) is 6.92 Å². The molecule has 6 nitrogen and oxygen atoms in total. The molecule has 2 atom stereocenters. The molecule has 0 radical (unpaired) electrons. The zero-order valence-corrected chi connectivity index (χ0v) is 15.7. The summed E-state index contributed by atoms with van der Waals surface area (Å²) < 4.78 is 11.3. The Morgan fingerprint density at radius 1 is 1.24 bits per heavy atom. The molecular formula is C19H29NO5. The highest BCUT2D eigenvalue weighted by Crippen LogP contribution is 2.19. The third-order valence-electron chi connectivity index (χ3n) is 3.58. The summed E-state index contributed by atoms with van der Waals surface area (Å²) in [6.07, 6.45) is -0.115. The number of amides is 1. The molecule has 1 aromatic carbocycles. The van der Waals surface area contributed by atoms with E-state index in [4.69, 9.17) is 9.47 Å². The first-order chi connectivity index (χ1) is 11.6. The van der Waals surface area contributed by atoms with Crippen molar-refractivity contribution in [2.24, 2.45) is 0 Å². The highest BCUT2D eigenvalue weighted by molar-refractivity contribution is 5.86. The molecule has 0 saturated heterocycles. The van der Waals surface area contributed by atoms with Gasteiger partial charge in [0.2, 0.25) is 0 Å². The van der Waals surface area contributed by atoms with E-state index in [9.17, 15) is 14.7 Å². The fourth-order valence-electron chi connectivity index (χ4n) is 2.17. The molecule has 0 fully saturated rings. The number of carbonyl (C=O) groups excluding carboxylic acids is 1. The number of carboxylic acid groups (broad SMARTS) is 1. The van der Waals surface area contributed by atoms with Crippen molar-refractivity contribution < 1.29 is 24.2 Å². The van der Waals surface area contributed by atoms with E-state index in [0.717, 1.165) is 5.56 Å². The number of nitrogens with one attached hydrogen (secondary N) is 1. The summed E-state index contributed by atoms with van der Waals surface area (Å²) in [6, 6.07) is 6.39. The molecule has 0 aliphatic rings. The number of carboxylic acids is 1. The number of rotatable bonds is 9. The van der Waals surface area contributed by atoms with Gasteiger partial charge in [-0.15, -0.1) is 0 Å². The number of hydrogen-bond acceptors (Lipinski definition) is 4. The molecule has 0 aromatic heterocycles. The van der Waals surface area contributed by atoms with Crippen molar-refractivity contribution in [1.29, 1.82) is 0 Å². The van der Waals surface area contributed by atoms with Gasteiger partial charge in [-0.05, 0) is 45.7 Å². The molecule has 0 aliphatic carbocycles. The van der Waals surface area contributed by atoms with Crippen molar-refractivity contribution in [2.75, 3.05) is 6.61 Å². The molecule has 0 heterocycles. The van der Waals surface area contributed by atoms with Crippen LogP contribution in [0.25, 0.3) is 0 Å². The SMILES string of the molecule is CCC(Oc1ccccc1C)C(=O)NC(CCOC(C)(C)C)C(=O)O. The van der Waals surface area contributed by atoms with Gasteiger partial charge in [-0.25, -0.2) is 4.79 Å². The molecule has 140 valence electrons. The Balaban J connectivity index is 2.67. The smallest absolute Gasteiger partial charge is 0.326 e. The lowest BCUT2D eigenvalue weighted by Gasteiger charge is -2.23. The Morgan fingerprint density at radius 2 is 1.88 bits per heavy atom. The Morgan fingerprint density at radius 3 is 2.40 bits per heavy atom. The maximum atomic E-state index is 12.4. The Kier molecular flexibility index (Phi) is 7.90. The summed E-state index contributed by atoms with van der Waals surface area (Å²) >= 11 is 0. The van der Waals surface area contributed by atoms with Gasteiger partial charge < -0.3 is 19.9 Å². The van der Waals surface area contributed by atoms with Gasteiger partial charge in [0.15, 0.2) is 6.10 Å². The number of aryl methyl sites for hydroxylation is 1. The number of carbonyl (C=O) groups is 2. The normalized spacial score (nSPS) is 13.8. The largest absolute Gasteiger partial charge is 0.480 e. The van der Waals surface area contributed by atoms with Gasteiger partial charge in [-0.1, -0.05) is 25.1 Å². The predicted molar refractivity (Wildman–Crippen MR) is 95.8 cm³/mol. The topological polar surface area (TPSA) is 84.9 Å². The summed E-state index contributed by atoms with van der Waals surface area (Å²) in [5, 5.41) is 11.9. The molecule has 1 amide bonds. The van der Waals surface area contributed by atoms with Crippen LogP contribution < -0.4 is 10.1 Å². The lowest BCUT2D eigenvalue weighted by molar-refractivity contribution is -0.144. The number of hydrogen-bond donors (Lipinski definition) is 2. The second kappa shape index (κ2) is 9.42. The maximum Gasteiger partial charge on any atom is 0.326 e. The minimum atomic E-state index is -1.09. The number of benzene rings is 1. The lowest BCUT2D eigenvalue weighted by atomic mass is 10.1. The summed E-state index contributed by atoms with van der Waals surface area (Å²) in [5.74, 6) is -0.905. The van der Waals surface area contributed by atoms with E-state index in [-0.39, 0.29) is 18.6 Å². The lowest BCUT2D eigenvalue weighted by Crippen LogP contribution is -2.47. The van der Waals surface area contributed by atoms with Crippen molar-refractivity contribution in [3.8, 4) is 5.75 Å². The molecule has 0 aliphatic heterocycles. The van der Waals surface area contributed by atoms with Gasteiger partial charge >= 0.3 is 5.97 Å². The van der Waals surface area contributed by atoms with Crippen LogP contribution >= 0.6 is 0 Å². The zero-order valence-electron chi connectivity index (χ0n) is 15.7. The molecule has 2 unspecified atom stereocenters. The fraction of sp³-hybridized carbons (Fsp3) is 0.579. The number of para-hydroxylation sites is 1. The first kappa shape index (κ1) is 21.0. The first-order valence-electron chi connectivity index (χ1n) is 8.53. The summed E-state index contributed by atoms with van der Waals surface area (Å²) in [6.45, 7) is 9.64. The molecule has 0 spiro atoms. The van der Waals surface area contributed by atoms with Gasteiger partial charge in [-0.3, -0.25) is 4.79 Å². The van der Waals surface area contributed by atoms with Gasteiger partial charge in [0.05, 0.1) is 5.60 Å². The molecular weight excluding hydrogens is 322 g/mol. The van der Waals surface area contributed by atoms with Gasteiger partial charge in [-0.2, -0.15) is 0 Å². The summed E-state index contributed by atoms with van der Waals surface area (Å²) in [5.41, 5.74) is 0.564. The first-order valence-corrected chi connectivity index (χ1v) is 8.53. The average molecular weight is 351 g/mol. The highest BCUT2D eigenvalue weighted by atomic mass is 16.5. The van der Waals surface area contributed by atoms with Crippen LogP contribution in [-0.4, -0.2) is 41.3 Å². The van der Waals surface area contributed by atoms with Crippen LogP contribution in [0.4, 0.5) is 0 Å². The van der Waals surface area contributed by atoms with Gasteiger partial charge in [0, 0.05) is 13.0 Å². The van der Waals surface area contributed by atoms with Crippen LogP contribution in [0.15, 0.2) is 24.3 Å². The van der Waals surface area contributed by atoms with Crippen molar-refractivity contribution >= 4 is 11.9 Å². The third-order valence-corrected chi connectivity index (χ3v) is 3.58. The van der Waals surface area contributed by atoms with Crippen molar-refractivity contribution in [2.45, 2.75) is 65.2 Å². The van der Waals surface area contributed by atoms with E-state index >= 15 is 0 Å². The number of aliphatic carboxylic acids is 1. The average Bonchev–Trinajstić information content (AvgIpc) is 2.51. The van der Waals surface area contributed by atoms with Crippen molar-refractivity contribution in [3.63, 3.8) is 0 Å². The Bertz CT molecular complexity index is 579. The minimum absolute atomic E-state index is 0.194.